The van der Waals surface area contributed by atoms with Crippen LogP contribution in [-0.2, 0) is 5.75 Å². The molecule has 0 saturated carbocycles. The predicted octanol–water partition coefficient (Wildman–Crippen LogP) is 5.40. The van der Waals surface area contributed by atoms with Gasteiger partial charge in [-0.25, -0.2) is 4.57 Å². The summed E-state index contributed by atoms with van der Waals surface area (Å²) in [4.78, 5) is 13.4. The standard InChI is InChI=1S/C23H17BrN4OS/c1-15-7-2-4-11-19(15)27-21(29)18-10-3-5-12-20(18)28-22(27)25-26-23(28)30-14-16-8-6-9-17(24)13-16/h2-13H,14H2,1H3. The molecular formula is C23H17BrN4OS. The van der Waals surface area contributed by atoms with E-state index in [9.17, 15) is 4.79 Å². The van der Waals surface area contributed by atoms with Gasteiger partial charge in [-0.3, -0.25) is 9.20 Å². The number of rotatable bonds is 4. The van der Waals surface area contributed by atoms with E-state index in [1.54, 1.807) is 16.3 Å². The lowest BCUT2D eigenvalue weighted by molar-refractivity contribution is 0.928. The summed E-state index contributed by atoms with van der Waals surface area (Å²) in [5, 5.41) is 10.3. The van der Waals surface area contributed by atoms with Gasteiger partial charge in [0.05, 0.1) is 16.6 Å². The summed E-state index contributed by atoms with van der Waals surface area (Å²) in [5.41, 5.74) is 3.72. The number of halogens is 1. The van der Waals surface area contributed by atoms with Gasteiger partial charge in [-0.15, -0.1) is 10.2 Å². The molecule has 3 aromatic carbocycles. The fraction of sp³-hybridized carbons (Fsp3) is 0.0870. The van der Waals surface area contributed by atoms with Crippen molar-refractivity contribution in [2.45, 2.75) is 17.8 Å². The molecular weight excluding hydrogens is 460 g/mol. The normalized spacial score (nSPS) is 11.4. The van der Waals surface area contributed by atoms with Crippen molar-refractivity contribution in [2.24, 2.45) is 0 Å². The number of para-hydroxylation sites is 2. The van der Waals surface area contributed by atoms with Crippen molar-refractivity contribution in [1.82, 2.24) is 19.2 Å². The summed E-state index contributed by atoms with van der Waals surface area (Å²) >= 11 is 5.12. The Morgan fingerprint density at radius 2 is 1.77 bits per heavy atom. The molecule has 0 unspecified atom stereocenters. The van der Waals surface area contributed by atoms with Gasteiger partial charge in [0.1, 0.15) is 0 Å². The fourth-order valence-electron chi connectivity index (χ4n) is 3.58. The predicted molar refractivity (Wildman–Crippen MR) is 125 cm³/mol. The van der Waals surface area contributed by atoms with Crippen molar-refractivity contribution in [1.29, 1.82) is 0 Å². The third kappa shape index (κ3) is 3.24. The van der Waals surface area contributed by atoms with Crippen LogP contribution in [-0.4, -0.2) is 19.2 Å². The Kier molecular flexibility index (Phi) is 4.92. The van der Waals surface area contributed by atoms with Crippen LogP contribution in [0.15, 0.2) is 87.2 Å². The molecule has 0 spiro atoms. The van der Waals surface area contributed by atoms with Crippen LogP contribution in [0.4, 0.5) is 0 Å². The second-order valence-electron chi connectivity index (χ2n) is 6.98. The van der Waals surface area contributed by atoms with Crippen LogP contribution in [0.1, 0.15) is 11.1 Å². The highest BCUT2D eigenvalue weighted by atomic mass is 79.9. The van der Waals surface area contributed by atoms with Gasteiger partial charge in [0.2, 0.25) is 5.78 Å². The SMILES string of the molecule is Cc1ccccc1-n1c(=O)c2ccccc2n2c(SCc3cccc(Br)c3)nnc12. The Hall–Kier alpha value is -2.90. The van der Waals surface area contributed by atoms with E-state index < -0.39 is 0 Å². The second kappa shape index (κ2) is 7.74. The number of aromatic nitrogens is 4. The topological polar surface area (TPSA) is 52.2 Å². The van der Waals surface area contributed by atoms with E-state index >= 15 is 0 Å². The monoisotopic (exact) mass is 476 g/mol. The number of fused-ring (bicyclic) bond motifs is 3. The van der Waals surface area contributed by atoms with Crippen LogP contribution in [0.5, 0.6) is 0 Å². The first-order valence-electron chi connectivity index (χ1n) is 9.45. The van der Waals surface area contributed by atoms with E-state index in [4.69, 9.17) is 0 Å². The summed E-state index contributed by atoms with van der Waals surface area (Å²) in [6.07, 6.45) is 0. The van der Waals surface area contributed by atoms with Crippen molar-refractivity contribution in [3.8, 4) is 5.69 Å². The maximum Gasteiger partial charge on any atom is 0.267 e. The van der Waals surface area contributed by atoms with Crippen LogP contribution < -0.4 is 5.56 Å². The number of hydrogen-bond acceptors (Lipinski definition) is 4. The van der Waals surface area contributed by atoms with E-state index in [1.807, 2.05) is 72.0 Å². The average Bonchev–Trinajstić information content (AvgIpc) is 3.17. The van der Waals surface area contributed by atoms with Gasteiger partial charge >= 0.3 is 0 Å². The highest BCUT2D eigenvalue weighted by molar-refractivity contribution is 9.10. The van der Waals surface area contributed by atoms with Crippen molar-refractivity contribution in [3.05, 3.63) is 98.7 Å². The molecule has 30 heavy (non-hydrogen) atoms. The molecule has 2 aromatic heterocycles. The molecule has 5 nitrogen and oxygen atoms in total. The Morgan fingerprint density at radius 3 is 2.60 bits per heavy atom. The molecule has 0 radical (unpaired) electrons. The van der Waals surface area contributed by atoms with E-state index in [0.717, 1.165) is 32.1 Å². The average molecular weight is 477 g/mol. The largest absolute Gasteiger partial charge is 0.268 e. The fourth-order valence-corrected chi connectivity index (χ4v) is 4.91. The zero-order chi connectivity index (χ0) is 20.7. The molecule has 0 saturated heterocycles. The van der Waals surface area contributed by atoms with Gasteiger partial charge < -0.3 is 0 Å². The molecule has 5 rings (SSSR count). The number of nitrogens with zero attached hydrogens (tertiary/aromatic N) is 4. The first kappa shape index (κ1) is 19.1. The van der Waals surface area contributed by atoms with E-state index in [0.29, 0.717) is 11.2 Å². The molecule has 0 aliphatic heterocycles. The van der Waals surface area contributed by atoms with Gasteiger partial charge in [-0.2, -0.15) is 0 Å². The summed E-state index contributed by atoms with van der Waals surface area (Å²) in [6.45, 7) is 1.99. The minimum Gasteiger partial charge on any atom is -0.268 e. The molecule has 5 aromatic rings. The van der Waals surface area contributed by atoms with E-state index in [-0.39, 0.29) is 5.56 Å². The Balaban J connectivity index is 1.73. The Labute approximate surface area is 185 Å². The minimum atomic E-state index is -0.0941. The molecule has 0 bridgehead atoms. The minimum absolute atomic E-state index is 0.0941. The van der Waals surface area contributed by atoms with Gasteiger partial charge in [-0.1, -0.05) is 70.2 Å². The summed E-state index contributed by atoms with van der Waals surface area (Å²) in [5.74, 6) is 1.27. The maximum atomic E-state index is 13.4. The zero-order valence-corrected chi connectivity index (χ0v) is 18.5. The van der Waals surface area contributed by atoms with Gasteiger partial charge in [0.25, 0.3) is 5.56 Å². The molecule has 0 N–H and O–H groups in total. The number of hydrogen-bond donors (Lipinski definition) is 0. The van der Waals surface area contributed by atoms with Crippen molar-refractivity contribution >= 4 is 44.4 Å². The summed E-state index contributed by atoms with van der Waals surface area (Å²) in [6, 6.07) is 23.7. The van der Waals surface area contributed by atoms with Crippen LogP contribution >= 0.6 is 27.7 Å². The molecule has 0 amide bonds. The molecule has 0 fully saturated rings. The summed E-state index contributed by atoms with van der Waals surface area (Å²) < 4.78 is 4.69. The van der Waals surface area contributed by atoms with Crippen LogP contribution in [0.3, 0.4) is 0 Å². The van der Waals surface area contributed by atoms with Crippen molar-refractivity contribution < 1.29 is 0 Å². The molecule has 7 heteroatoms. The Morgan fingerprint density at radius 1 is 0.967 bits per heavy atom. The third-order valence-electron chi connectivity index (χ3n) is 5.01. The van der Waals surface area contributed by atoms with Gasteiger partial charge in [0, 0.05) is 10.2 Å². The lowest BCUT2D eigenvalue weighted by Gasteiger charge is -2.13. The van der Waals surface area contributed by atoms with E-state index in [1.165, 1.54) is 5.56 Å². The van der Waals surface area contributed by atoms with Crippen molar-refractivity contribution in [3.63, 3.8) is 0 Å². The van der Waals surface area contributed by atoms with Crippen LogP contribution in [0, 0.1) is 6.92 Å². The van der Waals surface area contributed by atoms with Gasteiger partial charge in [-0.05, 0) is 48.4 Å². The van der Waals surface area contributed by atoms with Crippen molar-refractivity contribution in [2.75, 3.05) is 0 Å². The van der Waals surface area contributed by atoms with Gasteiger partial charge in [0.15, 0.2) is 5.16 Å². The second-order valence-corrected chi connectivity index (χ2v) is 8.84. The molecule has 0 atom stereocenters. The quantitative estimate of drug-likeness (QED) is 0.326. The molecule has 148 valence electrons. The first-order chi connectivity index (χ1) is 14.6. The Bertz CT molecular complexity index is 1460. The highest BCUT2D eigenvalue weighted by Crippen LogP contribution is 2.27. The number of benzene rings is 3. The zero-order valence-electron chi connectivity index (χ0n) is 16.1. The maximum absolute atomic E-state index is 13.4. The smallest absolute Gasteiger partial charge is 0.267 e. The molecule has 2 heterocycles. The lowest BCUT2D eigenvalue weighted by Crippen LogP contribution is -2.22. The van der Waals surface area contributed by atoms with Crippen LogP contribution in [0.25, 0.3) is 22.4 Å². The number of aryl methyl sites for hydroxylation is 1. The number of thioether (sulfide) groups is 1. The lowest BCUT2D eigenvalue weighted by atomic mass is 10.2. The van der Waals surface area contributed by atoms with Crippen LogP contribution in [0.2, 0.25) is 0 Å². The highest BCUT2D eigenvalue weighted by Gasteiger charge is 2.18. The summed E-state index contributed by atoms with van der Waals surface area (Å²) in [7, 11) is 0. The molecule has 0 aliphatic carbocycles. The van der Waals surface area contributed by atoms with E-state index in [2.05, 4.69) is 38.3 Å². The third-order valence-corrected chi connectivity index (χ3v) is 6.50. The molecule has 0 aliphatic rings. The first-order valence-corrected chi connectivity index (χ1v) is 11.2.